The topological polar surface area (TPSA) is 63.4 Å². The van der Waals surface area contributed by atoms with Crippen molar-refractivity contribution in [2.75, 3.05) is 23.5 Å². The molecule has 1 aliphatic rings. The molecule has 0 spiro atoms. The van der Waals surface area contributed by atoms with E-state index in [1.807, 2.05) is 30.1 Å². The number of halogens is 1. The number of anilines is 1. The minimum atomic E-state index is -2.87. The maximum absolute atomic E-state index is 11.5. The summed E-state index contributed by atoms with van der Waals surface area (Å²) in [5, 5.41) is 0.628. The molecule has 0 amide bonds. The molecule has 0 aliphatic carbocycles. The van der Waals surface area contributed by atoms with Crippen molar-refractivity contribution in [1.29, 1.82) is 0 Å². The van der Waals surface area contributed by atoms with Crippen LogP contribution in [0.1, 0.15) is 12.0 Å². The predicted molar refractivity (Wildman–Crippen MR) is 74.8 cm³/mol. The van der Waals surface area contributed by atoms with Gasteiger partial charge in [0.1, 0.15) is 0 Å². The van der Waals surface area contributed by atoms with E-state index in [0.29, 0.717) is 18.0 Å². The SMILES string of the molecule is CN(c1ccc(CN)c(Cl)c1)C1CCS(=O)(=O)C1. The first-order chi connectivity index (χ1) is 8.43. The molecule has 1 saturated heterocycles. The highest BCUT2D eigenvalue weighted by atomic mass is 35.5. The highest BCUT2D eigenvalue weighted by molar-refractivity contribution is 7.91. The Kier molecular flexibility index (Phi) is 3.84. The van der Waals surface area contributed by atoms with Crippen LogP contribution in [0, 0.1) is 0 Å². The van der Waals surface area contributed by atoms with Gasteiger partial charge in [0.15, 0.2) is 9.84 Å². The van der Waals surface area contributed by atoms with Crippen molar-refractivity contribution in [1.82, 2.24) is 0 Å². The summed E-state index contributed by atoms with van der Waals surface area (Å²) in [6, 6.07) is 5.69. The van der Waals surface area contributed by atoms with Gasteiger partial charge in [0.25, 0.3) is 0 Å². The molecule has 1 heterocycles. The summed E-state index contributed by atoms with van der Waals surface area (Å²) in [6.45, 7) is 0.403. The van der Waals surface area contributed by atoms with E-state index >= 15 is 0 Å². The summed E-state index contributed by atoms with van der Waals surface area (Å²) in [7, 11) is -0.964. The van der Waals surface area contributed by atoms with Crippen molar-refractivity contribution in [3.8, 4) is 0 Å². The fourth-order valence-electron chi connectivity index (χ4n) is 2.21. The Labute approximate surface area is 113 Å². The molecule has 1 aromatic carbocycles. The molecule has 1 fully saturated rings. The van der Waals surface area contributed by atoms with Crippen LogP contribution in [0.5, 0.6) is 0 Å². The van der Waals surface area contributed by atoms with Crippen LogP contribution >= 0.6 is 11.6 Å². The summed E-state index contributed by atoms with van der Waals surface area (Å²) in [6.07, 6.45) is 0.676. The van der Waals surface area contributed by atoms with Crippen molar-refractivity contribution in [3.05, 3.63) is 28.8 Å². The number of rotatable bonds is 3. The molecule has 0 radical (unpaired) electrons. The van der Waals surface area contributed by atoms with Crippen LogP contribution in [0.4, 0.5) is 5.69 Å². The lowest BCUT2D eigenvalue weighted by molar-refractivity contribution is 0.601. The Morgan fingerprint density at radius 1 is 1.50 bits per heavy atom. The molecule has 1 unspecified atom stereocenters. The Morgan fingerprint density at radius 3 is 2.72 bits per heavy atom. The first-order valence-electron chi connectivity index (χ1n) is 5.85. The van der Waals surface area contributed by atoms with Crippen LogP contribution in [-0.2, 0) is 16.4 Å². The van der Waals surface area contributed by atoms with Gasteiger partial charge in [0.05, 0.1) is 11.5 Å². The van der Waals surface area contributed by atoms with E-state index in [4.69, 9.17) is 17.3 Å². The van der Waals surface area contributed by atoms with Crippen LogP contribution in [0.15, 0.2) is 18.2 Å². The first kappa shape index (κ1) is 13.6. The standard InChI is InChI=1S/C12H17ClN2O2S/c1-15(11-4-5-18(16,17)8-11)10-3-2-9(7-14)12(13)6-10/h2-3,6,11H,4-5,7-8,14H2,1H3. The van der Waals surface area contributed by atoms with E-state index in [9.17, 15) is 8.42 Å². The maximum atomic E-state index is 11.5. The number of sulfone groups is 1. The zero-order chi connectivity index (χ0) is 13.3. The Morgan fingerprint density at radius 2 is 2.22 bits per heavy atom. The van der Waals surface area contributed by atoms with Gasteiger partial charge in [-0.25, -0.2) is 8.42 Å². The van der Waals surface area contributed by atoms with Gasteiger partial charge in [0, 0.05) is 30.3 Å². The fraction of sp³-hybridized carbons (Fsp3) is 0.500. The molecule has 2 rings (SSSR count). The van der Waals surface area contributed by atoms with Gasteiger partial charge in [-0.15, -0.1) is 0 Å². The molecule has 1 aromatic rings. The summed E-state index contributed by atoms with van der Waals surface area (Å²) in [4.78, 5) is 1.98. The van der Waals surface area contributed by atoms with Crippen LogP contribution < -0.4 is 10.6 Å². The van der Waals surface area contributed by atoms with Crippen molar-refractivity contribution >= 4 is 27.1 Å². The van der Waals surface area contributed by atoms with Gasteiger partial charge in [-0.2, -0.15) is 0 Å². The third-order valence-electron chi connectivity index (χ3n) is 3.42. The second-order valence-electron chi connectivity index (χ2n) is 4.65. The van der Waals surface area contributed by atoms with Crippen molar-refractivity contribution in [2.24, 2.45) is 5.73 Å². The normalized spacial score (nSPS) is 22.1. The summed E-state index contributed by atoms with van der Waals surface area (Å²) in [5.74, 6) is 0.496. The lowest BCUT2D eigenvalue weighted by atomic mass is 10.1. The van der Waals surface area contributed by atoms with Crippen molar-refractivity contribution < 1.29 is 8.42 Å². The number of hydrogen-bond donors (Lipinski definition) is 1. The highest BCUT2D eigenvalue weighted by Crippen LogP contribution is 2.27. The molecule has 0 saturated carbocycles. The zero-order valence-corrected chi connectivity index (χ0v) is 11.8. The number of hydrogen-bond acceptors (Lipinski definition) is 4. The number of nitrogens with two attached hydrogens (primary N) is 1. The smallest absolute Gasteiger partial charge is 0.152 e. The highest BCUT2D eigenvalue weighted by Gasteiger charge is 2.30. The Hall–Kier alpha value is -0.780. The second kappa shape index (κ2) is 5.07. The molecule has 0 aromatic heterocycles. The number of nitrogens with zero attached hydrogens (tertiary/aromatic N) is 1. The van der Waals surface area contributed by atoms with Crippen LogP contribution in [-0.4, -0.2) is 33.0 Å². The zero-order valence-electron chi connectivity index (χ0n) is 10.3. The second-order valence-corrected chi connectivity index (χ2v) is 7.28. The molecule has 18 heavy (non-hydrogen) atoms. The van der Waals surface area contributed by atoms with E-state index in [1.54, 1.807) is 0 Å². The van der Waals surface area contributed by atoms with Crippen LogP contribution in [0.2, 0.25) is 5.02 Å². The molecular weight excluding hydrogens is 272 g/mol. The summed E-state index contributed by atoms with van der Waals surface area (Å²) in [5.41, 5.74) is 7.38. The molecule has 0 bridgehead atoms. The van der Waals surface area contributed by atoms with Gasteiger partial charge in [-0.3, -0.25) is 0 Å². The molecule has 1 aliphatic heterocycles. The minimum Gasteiger partial charge on any atom is -0.371 e. The molecule has 4 nitrogen and oxygen atoms in total. The van der Waals surface area contributed by atoms with Crippen molar-refractivity contribution in [2.45, 2.75) is 19.0 Å². The van der Waals surface area contributed by atoms with E-state index in [-0.39, 0.29) is 17.5 Å². The number of benzene rings is 1. The molecule has 6 heteroatoms. The summed E-state index contributed by atoms with van der Waals surface area (Å²) >= 11 is 6.11. The largest absolute Gasteiger partial charge is 0.371 e. The van der Waals surface area contributed by atoms with Crippen LogP contribution in [0.3, 0.4) is 0 Å². The predicted octanol–water partition coefficient (Wildman–Crippen LogP) is 1.42. The van der Waals surface area contributed by atoms with Gasteiger partial charge >= 0.3 is 0 Å². The van der Waals surface area contributed by atoms with E-state index < -0.39 is 9.84 Å². The Balaban J connectivity index is 2.19. The maximum Gasteiger partial charge on any atom is 0.152 e. The molecule has 2 N–H and O–H groups in total. The van der Waals surface area contributed by atoms with Gasteiger partial charge in [0.2, 0.25) is 0 Å². The fourth-order valence-corrected chi connectivity index (χ4v) is 4.24. The monoisotopic (exact) mass is 288 g/mol. The average molecular weight is 289 g/mol. The average Bonchev–Trinajstić information content (AvgIpc) is 2.68. The quantitative estimate of drug-likeness (QED) is 0.914. The van der Waals surface area contributed by atoms with E-state index in [1.165, 1.54) is 0 Å². The van der Waals surface area contributed by atoms with Gasteiger partial charge in [-0.1, -0.05) is 17.7 Å². The van der Waals surface area contributed by atoms with Gasteiger partial charge in [-0.05, 0) is 24.1 Å². The van der Waals surface area contributed by atoms with Gasteiger partial charge < -0.3 is 10.6 Å². The Bertz CT molecular complexity index is 545. The molecular formula is C12H17ClN2O2S. The summed E-state index contributed by atoms with van der Waals surface area (Å²) < 4.78 is 22.9. The van der Waals surface area contributed by atoms with E-state index in [2.05, 4.69) is 0 Å². The minimum absolute atomic E-state index is 0.0368. The lowest BCUT2D eigenvalue weighted by Crippen LogP contribution is -2.32. The third-order valence-corrected chi connectivity index (χ3v) is 5.52. The molecule has 100 valence electrons. The van der Waals surface area contributed by atoms with Crippen LogP contribution in [0.25, 0.3) is 0 Å². The first-order valence-corrected chi connectivity index (χ1v) is 8.04. The van der Waals surface area contributed by atoms with Crippen molar-refractivity contribution in [3.63, 3.8) is 0 Å². The molecule has 1 atom stereocenters. The lowest BCUT2D eigenvalue weighted by Gasteiger charge is -2.26. The van der Waals surface area contributed by atoms with E-state index in [0.717, 1.165) is 11.3 Å². The third kappa shape index (κ3) is 2.79.